The van der Waals surface area contributed by atoms with E-state index in [2.05, 4.69) is 9.98 Å². The zero-order valence-corrected chi connectivity index (χ0v) is 13.2. The average Bonchev–Trinajstić information content (AvgIpc) is 2.45. The van der Waals surface area contributed by atoms with Crippen LogP contribution < -0.4 is 0 Å². The predicted octanol–water partition coefficient (Wildman–Crippen LogP) is 2.80. The number of guanidine groups is 1. The standard InChI is InChI=1S/C14H25F3N4/c1-5-11(3)19-13(18-6-2)21-9-7-20(8-10-21)12(4)14(15,16)17/h12H,5-10H2,1-4H3/b18-13?,19-11-. The minimum atomic E-state index is -4.17. The van der Waals surface area contributed by atoms with Crippen molar-refractivity contribution in [2.24, 2.45) is 9.98 Å². The van der Waals surface area contributed by atoms with Gasteiger partial charge >= 0.3 is 6.18 Å². The van der Waals surface area contributed by atoms with Gasteiger partial charge in [0.2, 0.25) is 5.96 Å². The van der Waals surface area contributed by atoms with E-state index in [1.807, 2.05) is 25.7 Å². The van der Waals surface area contributed by atoms with Crippen molar-refractivity contribution in [3.8, 4) is 0 Å². The highest BCUT2D eigenvalue weighted by Crippen LogP contribution is 2.25. The normalized spacial score (nSPS) is 20.8. The van der Waals surface area contributed by atoms with E-state index in [9.17, 15) is 13.2 Å². The molecule has 0 aromatic rings. The summed E-state index contributed by atoms with van der Waals surface area (Å²) in [5.74, 6) is 0.649. The van der Waals surface area contributed by atoms with Crippen LogP contribution in [0.1, 0.15) is 34.1 Å². The van der Waals surface area contributed by atoms with Gasteiger partial charge in [0, 0.05) is 38.4 Å². The van der Waals surface area contributed by atoms with E-state index in [0.717, 1.165) is 12.1 Å². The van der Waals surface area contributed by atoms with E-state index in [-0.39, 0.29) is 0 Å². The Kier molecular flexibility index (Phi) is 6.64. The highest BCUT2D eigenvalue weighted by Gasteiger charge is 2.41. The molecule has 1 fully saturated rings. The van der Waals surface area contributed by atoms with E-state index in [1.165, 1.54) is 11.8 Å². The fourth-order valence-corrected chi connectivity index (χ4v) is 2.11. The number of nitrogens with zero attached hydrogens (tertiary/aromatic N) is 4. The van der Waals surface area contributed by atoms with Crippen LogP contribution in [-0.4, -0.2) is 66.4 Å². The molecule has 1 atom stereocenters. The van der Waals surface area contributed by atoms with Crippen LogP contribution in [0.15, 0.2) is 9.98 Å². The summed E-state index contributed by atoms with van der Waals surface area (Å²) in [5.41, 5.74) is 0.980. The number of piperazine rings is 1. The third-order valence-corrected chi connectivity index (χ3v) is 3.72. The molecular weight excluding hydrogens is 281 g/mol. The molecule has 1 aliphatic rings. The third-order valence-electron chi connectivity index (χ3n) is 3.72. The quantitative estimate of drug-likeness (QED) is 0.593. The maximum absolute atomic E-state index is 12.7. The van der Waals surface area contributed by atoms with Crippen LogP contribution in [0.4, 0.5) is 13.2 Å². The van der Waals surface area contributed by atoms with Crippen LogP contribution in [0.2, 0.25) is 0 Å². The summed E-state index contributed by atoms with van der Waals surface area (Å²) >= 11 is 0. The van der Waals surface area contributed by atoms with Crippen LogP contribution in [0.5, 0.6) is 0 Å². The molecule has 0 radical (unpaired) electrons. The Hall–Kier alpha value is -1.11. The second kappa shape index (κ2) is 7.77. The monoisotopic (exact) mass is 306 g/mol. The Balaban J connectivity index is 2.68. The second-order valence-electron chi connectivity index (χ2n) is 5.22. The summed E-state index contributed by atoms with van der Waals surface area (Å²) in [7, 11) is 0. The molecule has 0 amide bonds. The lowest BCUT2D eigenvalue weighted by Gasteiger charge is -2.38. The van der Waals surface area contributed by atoms with Crippen molar-refractivity contribution in [2.45, 2.75) is 46.3 Å². The van der Waals surface area contributed by atoms with Gasteiger partial charge in [0.1, 0.15) is 6.04 Å². The minimum absolute atomic E-state index is 0.379. The summed E-state index contributed by atoms with van der Waals surface area (Å²) in [6.07, 6.45) is -3.33. The Labute approximate surface area is 124 Å². The van der Waals surface area contributed by atoms with Gasteiger partial charge < -0.3 is 4.90 Å². The second-order valence-corrected chi connectivity index (χ2v) is 5.22. The van der Waals surface area contributed by atoms with Gasteiger partial charge in [0.25, 0.3) is 0 Å². The Morgan fingerprint density at radius 2 is 1.71 bits per heavy atom. The maximum Gasteiger partial charge on any atom is 0.403 e. The summed E-state index contributed by atoms with van der Waals surface area (Å²) in [4.78, 5) is 12.3. The molecule has 0 aromatic carbocycles. The SMILES string of the molecule is CCN=C(/N=C(/C)CC)N1CCN(C(C)C(F)(F)F)CC1. The molecule has 1 heterocycles. The molecule has 0 aliphatic carbocycles. The van der Waals surface area contributed by atoms with Crippen molar-refractivity contribution in [1.82, 2.24) is 9.80 Å². The van der Waals surface area contributed by atoms with Crippen molar-refractivity contribution in [3.63, 3.8) is 0 Å². The first-order chi connectivity index (χ1) is 9.79. The van der Waals surface area contributed by atoms with Crippen molar-refractivity contribution in [3.05, 3.63) is 0 Å². The number of rotatable bonds is 3. The Morgan fingerprint density at radius 3 is 2.14 bits per heavy atom. The summed E-state index contributed by atoms with van der Waals surface area (Å²) in [6, 6.07) is -1.40. The number of hydrogen-bond donors (Lipinski definition) is 0. The van der Waals surface area contributed by atoms with E-state index in [0.29, 0.717) is 38.7 Å². The summed E-state index contributed by atoms with van der Waals surface area (Å²) in [5, 5.41) is 0. The molecule has 4 nitrogen and oxygen atoms in total. The molecule has 0 N–H and O–H groups in total. The van der Waals surface area contributed by atoms with Crippen LogP contribution in [0, 0.1) is 0 Å². The van der Waals surface area contributed by atoms with Crippen LogP contribution >= 0.6 is 0 Å². The molecule has 21 heavy (non-hydrogen) atoms. The molecule has 1 unspecified atom stereocenters. The first-order valence-corrected chi connectivity index (χ1v) is 7.43. The maximum atomic E-state index is 12.7. The Bertz CT molecular complexity index is 382. The first kappa shape index (κ1) is 17.9. The van der Waals surface area contributed by atoms with Gasteiger partial charge in [0.15, 0.2) is 0 Å². The lowest BCUT2D eigenvalue weighted by Crippen LogP contribution is -2.54. The van der Waals surface area contributed by atoms with Gasteiger partial charge in [-0.3, -0.25) is 9.89 Å². The lowest BCUT2D eigenvalue weighted by molar-refractivity contribution is -0.181. The molecule has 0 saturated carbocycles. The molecule has 0 bridgehead atoms. The number of aliphatic imine (C=N–C) groups is 2. The lowest BCUT2D eigenvalue weighted by atomic mass is 10.2. The smallest absolute Gasteiger partial charge is 0.339 e. The first-order valence-electron chi connectivity index (χ1n) is 7.43. The summed E-state index contributed by atoms with van der Waals surface area (Å²) in [6.45, 7) is 9.54. The van der Waals surface area contributed by atoms with E-state index in [4.69, 9.17) is 0 Å². The van der Waals surface area contributed by atoms with E-state index >= 15 is 0 Å². The molecule has 7 heteroatoms. The highest BCUT2D eigenvalue weighted by molar-refractivity contribution is 5.95. The number of alkyl halides is 3. The minimum Gasteiger partial charge on any atom is -0.339 e. The molecule has 0 aromatic heterocycles. The van der Waals surface area contributed by atoms with Gasteiger partial charge in [-0.25, -0.2) is 4.99 Å². The zero-order chi connectivity index (χ0) is 16.0. The van der Waals surface area contributed by atoms with Gasteiger partial charge in [0.05, 0.1) is 0 Å². The van der Waals surface area contributed by atoms with Crippen LogP contribution in [0.3, 0.4) is 0 Å². The number of hydrogen-bond acceptors (Lipinski definition) is 2. The van der Waals surface area contributed by atoms with Crippen molar-refractivity contribution in [2.75, 3.05) is 32.7 Å². The van der Waals surface area contributed by atoms with Gasteiger partial charge in [-0.1, -0.05) is 6.92 Å². The fraction of sp³-hybridized carbons (Fsp3) is 0.857. The van der Waals surface area contributed by atoms with Crippen molar-refractivity contribution in [1.29, 1.82) is 0 Å². The average molecular weight is 306 g/mol. The summed E-state index contributed by atoms with van der Waals surface area (Å²) < 4.78 is 38.2. The van der Waals surface area contributed by atoms with Crippen molar-refractivity contribution < 1.29 is 13.2 Å². The molecular formula is C14H25F3N4. The van der Waals surface area contributed by atoms with Crippen molar-refractivity contribution >= 4 is 11.7 Å². The molecule has 1 rings (SSSR count). The zero-order valence-electron chi connectivity index (χ0n) is 13.2. The largest absolute Gasteiger partial charge is 0.403 e. The van der Waals surface area contributed by atoms with Gasteiger partial charge in [-0.2, -0.15) is 13.2 Å². The third kappa shape index (κ3) is 5.30. The highest BCUT2D eigenvalue weighted by atomic mass is 19.4. The fourth-order valence-electron chi connectivity index (χ4n) is 2.11. The van der Waals surface area contributed by atoms with Gasteiger partial charge in [-0.05, 0) is 27.2 Å². The molecule has 0 spiro atoms. The molecule has 1 saturated heterocycles. The number of halogens is 3. The van der Waals surface area contributed by atoms with E-state index < -0.39 is 12.2 Å². The molecule has 122 valence electrons. The van der Waals surface area contributed by atoms with Crippen LogP contribution in [-0.2, 0) is 0 Å². The molecule has 1 aliphatic heterocycles. The topological polar surface area (TPSA) is 31.2 Å². The predicted molar refractivity (Wildman–Crippen MR) is 80.0 cm³/mol. The van der Waals surface area contributed by atoms with E-state index in [1.54, 1.807) is 0 Å². The van der Waals surface area contributed by atoms with Crippen LogP contribution in [0.25, 0.3) is 0 Å². The van der Waals surface area contributed by atoms with Gasteiger partial charge in [-0.15, -0.1) is 0 Å². The Morgan fingerprint density at radius 1 is 1.14 bits per heavy atom.